The van der Waals surface area contributed by atoms with Crippen molar-refractivity contribution >= 4 is 11.6 Å². The summed E-state index contributed by atoms with van der Waals surface area (Å²) in [7, 11) is 0. The summed E-state index contributed by atoms with van der Waals surface area (Å²) in [5.74, 6) is -0.136. The maximum absolute atomic E-state index is 13.3. The second-order valence-electron chi connectivity index (χ2n) is 4.13. The lowest BCUT2D eigenvalue weighted by molar-refractivity contribution is 0.259. The lowest BCUT2D eigenvalue weighted by atomic mass is 10.1. The molecule has 0 fully saturated rings. The summed E-state index contributed by atoms with van der Waals surface area (Å²) in [6.45, 7) is -0.147. The molecular weight excluding hydrogens is 281 g/mol. The van der Waals surface area contributed by atoms with E-state index in [9.17, 15) is 9.50 Å². The lowest BCUT2D eigenvalue weighted by Crippen LogP contribution is -2.00. The lowest BCUT2D eigenvalue weighted by Gasteiger charge is -2.12. The molecule has 0 aromatic heterocycles. The van der Waals surface area contributed by atoms with Crippen LogP contribution in [0.5, 0.6) is 5.75 Å². The highest BCUT2D eigenvalue weighted by Gasteiger charge is 2.09. The average Bonchev–Trinajstić information content (AvgIpc) is 2.45. The molecule has 0 saturated heterocycles. The predicted molar refractivity (Wildman–Crippen MR) is 72.8 cm³/mol. The van der Waals surface area contributed by atoms with Gasteiger partial charge in [-0.05, 0) is 29.8 Å². The number of halogens is 2. The molecule has 0 amide bonds. The molecule has 20 heavy (non-hydrogen) atoms. The number of nitrogens with zero attached hydrogens (tertiary/aromatic N) is 1. The fourth-order valence-corrected chi connectivity index (χ4v) is 2.04. The standard InChI is InChI=1S/C15H11ClFNO2/c16-14-3-1-2-12(8-19)15(14)20-9-11-4-10(7-18)5-13(17)6-11/h1-6,19H,8-9H2. The molecule has 2 rings (SSSR count). The van der Waals surface area contributed by atoms with Gasteiger partial charge in [0.05, 0.1) is 23.3 Å². The zero-order valence-electron chi connectivity index (χ0n) is 10.4. The van der Waals surface area contributed by atoms with Crippen LogP contribution in [0.3, 0.4) is 0 Å². The maximum atomic E-state index is 13.3. The number of rotatable bonds is 4. The smallest absolute Gasteiger partial charge is 0.143 e. The van der Waals surface area contributed by atoms with Crippen LogP contribution in [-0.2, 0) is 13.2 Å². The molecule has 0 aliphatic heterocycles. The van der Waals surface area contributed by atoms with Gasteiger partial charge < -0.3 is 9.84 Å². The molecule has 102 valence electrons. The third kappa shape index (κ3) is 3.27. The topological polar surface area (TPSA) is 53.2 Å². The molecule has 0 spiro atoms. The molecule has 2 aromatic carbocycles. The summed E-state index contributed by atoms with van der Waals surface area (Å²) in [6, 6.07) is 10.9. The number of benzene rings is 2. The van der Waals surface area contributed by atoms with Crippen molar-refractivity contribution in [3.63, 3.8) is 0 Å². The molecule has 0 bridgehead atoms. The SMILES string of the molecule is N#Cc1cc(F)cc(COc2c(Cl)cccc2CO)c1. The molecule has 5 heteroatoms. The summed E-state index contributed by atoms with van der Waals surface area (Å²) < 4.78 is 18.8. The third-order valence-corrected chi connectivity index (χ3v) is 2.99. The van der Waals surface area contributed by atoms with Crippen molar-refractivity contribution in [1.29, 1.82) is 5.26 Å². The molecule has 0 saturated carbocycles. The van der Waals surface area contributed by atoms with E-state index in [0.29, 0.717) is 21.9 Å². The van der Waals surface area contributed by atoms with Gasteiger partial charge >= 0.3 is 0 Å². The zero-order valence-corrected chi connectivity index (χ0v) is 11.2. The van der Waals surface area contributed by atoms with Crippen LogP contribution in [0, 0.1) is 17.1 Å². The van der Waals surface area contributed by atoms with Crippen molar-refractivity contribution in [2.24, 2.45) is 0 Å². The molecular formula is C15H11ClFNO2. The molecule has 0 unspecified atom stereocenters. The highest BCUT2D eigenvalue weighted by Crippen LogP contribution is 2.29. The number of aliphatic hydroxyl groups is 1. The van der Waals surface area contributed by atoms with Gasteiger partial charge in [0.25, 0.3) is 0 Å². The first-order chi connectivity index (χ1) is 9.63. The number of ether oxygens (including phenoxy) is 1. The minimum atomic E-state index is -0.496. The number of aliphatic hydroxyl groups excluding tert-OH is 1. The number of para-hydroxylation sites is 1. The van der Waals surface area contributed by atoms with E-state index < -0.39 is 5.82 Å². The van der Waals surface area contributed by atoms with Crippen molar-refractivity contribution in [3.05, 3.63) is 63.9 Å². The van der Waals surface area contributed by atoms with Crippen molar-refractivity contribution in [3.8, 4) is 11.8 Å². The molecule has 0 radical (unpaired) electrons. The fraction of sp³-hybridized carbons (Fsp3) is 0.133. The summed E-state index contributed by atoms with van der Waals surface area (Å²) in [4.78, 5) is 0. The minimum Gasteiger partial charge on any atom is -0.487 e. The van der Waals surface area contributed by atoms with E-state index in [4.69, 9.17) is 21.6 Å². The summed E-state index contributed by atoms with van der Waals surface area (Å²) in [6.07, 6.45) is 0. The third-order valence-electron chi connectivity index (χ3n) is 2.69. The van der Waals surface area contributed by atoms with Gasteiger partial charge in [-0.25, -0.2) is 4.39 Å². The summed E-state index contributed by atoms with van der Waals surface area (Å²) in [5, 5.41) is 18.4. The number of nitriles is 1. The Hall–Kier alpha value is -2.09. The first kappa shape index (κ1) is 14.3. The molecule has 0 aliphatic carbocycles. The Bertz CT molecular complexity index is 667. The van der Waals surface area contributed by atoms with Gasteiger partial charge in [-0.3, -0.25) is 0 Å². The molecule has 0 heterocycles. The zero-order chi connectivity index (χ0) is 14.5. The van der Waals surface area contributed by atoms with E-state index in [0.717, 1.165) is 6.07 Å². The van der Waals surface area contributed by atoms with Crippen LogP contribution in [0.25, 0.3) is 0 Å². The molecule has 2 aromatic rings. The van der Waals surface area contributed by atoms with Crippen LogP contribution in [0.1, 0.15) is 16.7 Å². The van der Waals surface area contributed by atoms with E-state index in [-0.39, 0.29) is 18.8 Å². The molecule has 1 N–H and O–H groups in total. The van der Waals surface area contributed by atoms with Crippen LogP contribution < -0.4 is 4.74 Å². The Balaban J connectivity index is 2.21. The van der Waals surface area contributed by atoms with E-state index in [2.05, 4.69) is 0 Å². The van der Waals surface area contributed by atoms with E-state index in [1.54, 1.807) is 24.3 Å². The van der Waals surface area contributed by atoms with Gasteiger partial charge in [-0.1, -0.05) is 23.7 Å². The highest BCUT2D eigenvalue weighted by molar-refractivity contribution is 6.32. The van der Waals surface area contributed by atoms with Gasteiger partial charge in [0.15, 0.2) is 0 Å². The monoisotopic (exact) mass is 291 g/mol. The van der Waals surface area contributed by atoms with Crippen LogP contribution in [0.2, 0.25) is 5.02 Å². The second kappa shape index (κ2) is 6.38. The quantitative estimate of drug-likeness (QED) is 0.939. The molecule has 3 nitrogen and oxygen atoms in total. The predicted octanol–water partition coefficient (Wildman–Crippen LogP) is 3.42. The van der Waals surface area contributed by atoms with Gasteiger partial charge in [-0.15, -0.1) is 0 Å². The van der Waals surface area contributed by atoms with Crippen LogP contribution in [0.15, 0.2) is 36.4 Å². The van der Waals surface area contributed by atoms with Gasteiger partial charge in [0.1, 0.15) is 18.2 Å². The maximum Gasteiger partial charge on any atom is 0.143 e. The van der Waals surface area contributed by atoms with Crippen molar-refractivity contribution in [2.75, 3.05) is 0 Å². The van der Waals surface area contributed by atoms with Crippen molar-refractivity contribution < 1.29 is 14.2 Å². The minimum absolute atomic E-state index is 0.0587. The molecule has 0 atom stereocenters. The fourth-order valence-electron chi connectivity index (χ4n) is 1.79. The van der Waals surface area contributed by atoms with E-state index >= 15 is 0 Å². The average molecular weight is 292 g/mol. The summed E-state index contributed by atoms with van der Waals surface area (Å²) >= 11 is 6.00. The van der Waals surface area contributed by atoms with Gasteiger partial charge in [0.2, 0.25) is 0 Å². The van der Waals surface area contributed by atoms with Gasteiger partial charge in [-0.2, -0.15) is 5.26 Å². The van der Waals surface area contributed by atoms with Crippen molar-refractivity contribution in [2.45, 2.75) is 13.2 Å². The number of hydrogen-bond acceptors (Lipinski definition) is 3. The Morgan fingerprint density at radius 2 is 2.10 bits per heavy atom. The van der Waals surface area contributed by atoms with Crippen molar-refractivity contribution in [1.82, 2.24) is 0 Å². The van der Waals surface area contributed by atoms with E-state index in [1.807, 2.05) is 6.07 Å². The highest BCUT2D eigenvalue weighted by atomic mass is 35.5. The Kier molecular flexibility index (Phi) is 4.57. The van der Waals surface area contributed by atoms with Gasteiger partial charge in [0, 0.05) is 5.56 Å². The van der Waals surface area contributed by atoms with Crippen LogP contribution in [-0.4, -0.2) is 5.11 Å². The van der Waals surface area contributed by atoms with Crippen LogP contribution >= 0.6 is 11.6 Å². The Labute approximate surface area is 120 Å². The Morgan fingerprint density at radius 3 is 2.80 bits per heavy atom. The second-order valence-corrected chi connectivity index (χ2v) is 4.54. The van der Waals surface area contributed by atoms with Crippen LogP contribution in [0.4, 0.5) is 4.39 Å². The largest absolute Gasteiger partial charge is 0.487 e. The first-order valence-electron chi connectivity index (χ1n) is 5.84. The summed E-state index contributed by atoms with van der Waals surface area (Å²) in [5.41, 5.74) is 1.30. The number of hydrogen-bond donors (Lipinski definition) is 1. The Morgan fingerprint density at radius 1 is 1.30 bits per heavy atom. The molecule has 0 aliphatic rings. The van der Waals surface area contributed by atoms with E-state index in [1.165, 1.54) is 6.07 Å². The first-order valence-corrected chi connectivity index (χ1v) is 6.22. The normalized spacial score (nSPS) is 10.1.